The number of hydrogen-bond donors (Lipinski definition) is 0. The first-order valence-electron chi connectivity index (χ1n) is 15.0. The van der Waals surface area contributed by atoms with E-state index >= 15 is 0 Å². The Balaban J connectivity index is 1.32. The zero-order chi connectivity index (χ0) is 29.4. The van der Waals surface area contributed by atoms with Crippen molar-refractivity contribution in [1.82, 2.24) is 15.0 Å². The van der Waals surface area contributed by atoms with E-state index in [1.165, 1.54) is 27.6 Å². The molecule has 0 saturated heterocycles. The molecule has 0 spiro atoms. The number of rotatable bonds is 3. The molecule has 0 aliphatic heterocycles. The summed E-state index contributed by atoms with van der Waals surface area (Å²) in [4.78, 5) is 15.4. The third kappa shape index (κ3) is 3.61. The molecule has 44 heavy (non-hydrogen) atoms. The molecule has 2 heterocycles. The first-order chi connectivity index (χ1) is 21.6. The monoisotopic (exact) mass is 565 g/mol. The van der Waals surface area contributed by atoms with Gasteiger partial charge in [-0.25, -0.2) is 15.0 Å². The van der Waals surface area contributed by atoms with Gasteiger partial charge in [0.1, 0.15) is 11.2 Å². The summed E-state index contributed by atoms with van der Waals surface area (Å²) < 4.78 is 6.58. The van der Waals surface area contributed by atoms with Crippen molar-refractivity contribution < 1.29 is 4.42 Å². The number of hydrogen-bond acceptors (Lipinski definition) is 4. The van der Waals surface area contributed by atoms with Gasteiger partial charge in [0.2, 0.25) is 0 Å². The predicted molar refractivity (Wildman–Crippen MR) is 178 cm³/mol. The van der Waals surface area contributed by atoms with Gasteiger partial charge in [-0.05, 0) is 51.2 Å². The number of nitrogens with zero attached hydrogens (tertiary/aromatic N) is 3. The van der Waals surface area contributed by atoms with Gasteiger partial charge in [0.05, 0.1) is 5.56 Å². The van der Waals surface area contributed by atoms with E-state index in [4.69, 9.17) is 19.4 Å². The van der Waals surface area contributed by atoms with E-state index in [1.807, 2.05) is 36.4 Å². The van der Waals surface area contributed by atoms with Crippen LogP contribution in [-0.4, -0.2) is 15.0 Å². The Morgan fingerprint density at radius 3 is 1.95 bits per heavy atom. The van der Waals surface area contributed by atoms with Crippen molar-refractivity contribution in [2.24, 2.45) is 0 Å². The minimum Gasteiger partial charge on any atom is -0.455 e. The largest absolute Gasteiger partial charge is 0.455 e. The molecule has 0 radical (unpaired) electrons. The molecule has 0 N–H and O–H groups in total. The van der Waals surface area contributed by atoms with Crippen LogP contribution in [0.15, 0.2) is 132 Å². The Bertz CT molecular complexity index is 2420. The first-order valence-corrected chi connectivity index (χ1v) is 15.0. The Labute approximate surface area is 254 Å². The molecule has 0 amide bonds. The van der Waals surface area contributed by atoms with Gasteiger partial charge in [0.15, 0.2) is 17.5 Å². The van der Waals surface area contributed by atoms with Crippen LogP contribution in [0.1, 0.15) is 25.0 Å². The average Bonchev–Trinajstić information content (AvgIpc) is 3.55. The summed E-state index contributed by atoms with van der Waals surface area (Å²) in [5.74, 6) is 1.87. The smallest absolute Gasteiger partial charge is 0.167 e. The topological polar surface area (TPSA) is 51.8 Å². The highest BCUT2D eigenvalue weighted by atomic mass is 16.3. The fourth-order valence-corrected chi connectivity index (χ4v) is 6.93. The number of aromatic nitrogens is 3. The molecule has 0 unspecified atom stereocenters. The van der Waals surface area contributed by atoms with Gasteiger partial charge >= 0.3 is 0 Å². The van der Waals surface area contributed by atoms with Gasteiger partial charge in [0.25, 0.3) is 0 Å². The second-order valence-corrected chi connectivity index (χ2v) is 12.1. The zero-order valence-electron chi connectivity index (χ0n) is 24.4. The highest BCUT2D eigenvalue weighted by Crippen LogP contribution is 2.51. The summed E-state index contributed by atoms with van der Waals surface area (Å²) in [6.07, 6.45) is 0. The van der Waals surface area contributed by atoms with Crippen molar-refractivity contribution >= 4 is 32.7 Å². The highest BCUT2D eigenvalue weighted by molar-refractivity contribution is 6.13. The molecule has 0 fully saturated rings. The molecule has 2 aromatic heterocycles. The first kappa shape index (κ1) is 24.9. The molecule has 208 valence electrons. The lowest BCUT2D eigenvalue weighted by Crippen LogP contribution is -2.14. The normalized spacial score (nSPS) is 13.4. The van der Waals surface area contributed by atoms with Gasteiger partial charge in [-0.15, -0.1) is 0 Å². The SMILES string of the molecule is CC1(C)c2ccccc2-c2c(-c3nc(-c4ccccc4)nc(-c4cccc5c4oc4cc6ccccc6cc45)n3)cccc21. The van der Waals surface area contributed by atoms with Crippen molar-refractivity contribution in [3.8, 4) is 45.3 Å². The number of fused-ring (bicyclic) bond motifs is 7. The van der Waals surface area contributed by atoms with E-state index in [1.54, 1.807) is 0 Å². The summed E-state index contributed by atoms with van der Waals surface area (Å²) >= 11 is 0. The fraction of sp³-hybridized carbons (Fsp3) is 0.0750. The van der Waals surface area contributed by atoms with E-state index in [-0.39, 0.29) is 5.41 Å². The third-order valence-corrected chi connectivity index (χ3v) is 9.12. The van der Waals surface area contributed by atoms with Crippen LogP contribution in [0.4, 0.5) is 0 Å². The summed E-state index contributed by atoms with van der Waals surface area (Å²) in [5.41, 5.74) is 9.32. The Morgan fingerprint density at radius 2 is 1.11 bits per heavy atom. The van der Waals surface area contributed by atoms with Gasteiger partial charge in [-0.3, -0.25) is 0 Å². The fourth-order valence-electron chi connectivity index (χ4n) is 6.93. The van der Waals surface area contributed by atoms with Crippen molar-refractivity contribution in [3.63, 3.8) is 0 Å². The molecule has 6 aromatic carbocycles. The molecule has 4 nitrogen and oxygen atoms in total. The summed E-state index contributed by atoms with van der Waals surface area (Å²) in [7, 11) is 0. The standard InChI is InChI=1S/C40H27N3O/c1-40(2)32-20-9-8-16-28(32)35-29(18-11-21-33(35)40)38-41-37(24-12-4-3-5-13-24)42-39(43-38)30-19-10-17-27-31-22-25-14-6-7-15-26(25)23-34(31)44-36(27)30/h3-23H,1-2H3. The zero-order valence-corrected chi connectivity index (χ0v) is 24.4. The molecule has 1 aliphatic rings. The number of benzene rings is 6. The molecule has 0 atom stereocenters. The maximum Gasteiger partial charge on any atom is 0.167 e. The molecular weight excluding hydrogens is 538 g/mol. The minimum absolute atomic E-state index is 0.122. The van der Waals surface area contributed by atoms with Crippen molar-refractivity contribution in [1.29, 1.82) is 0 Å². The maximum absolute atomic E-state index is 6.58. The predicted octanol–water partition coefficient (Wildman–Crippen LogP) is 10.2. The van der Waals surface area contributed by atoms with Crippen LogP contribution in [0.25, 0.3) is 78.0 Å². The second-order valence-electron chi connectivity index (χ2n) is 12.1. The van der Waals surface area contributed by atoms with Crippen molar-refractivity contribution in [3.05, 3.63) is 139 Å². The lowest BCUT2D eigenvalue weighted by molar-refractivity contribution is 0.660. The van der Waals surface area contributed by atoms with Gasteiger partial charge in [-0.1, -0.05) is 123 Å². The quantitative estimate of drug-likeness (QED) is 0.214. The summed E-state index contributed by atoms with van der Waals surface area (Å²) in [5, 5.41) is 4.46. The van der Waals surface area contributed by atoms with Crippen molar-refractivity contribution in [2.45, 2.75) is 19.3 Å². The molecule has 9 rings (SSSR count). The summed E-state index contributed by atoms with van der Waals surface area (Å²) in [6.45, 7) is 4.59. The lowest BCUT2D eigenvalue weighted by Gasteiger charge is -2.21. The molecule has 8 aromatic rings. The van der Waals surface area contributed by atoms with Crippen LogP contribution >= 0.6 is 0 Å². The Kier molecular flexibility index (Phi) is 5.21. The van der Waals surface area contributed by atoms with Gasteiger partial charge < -0.3 is 4.42 Å². The van der Waals surface area contributed by atoms with E-state index in [9.17, 15) is 0 Å². The molecule has 1 aliphatic carbocycles. The van der Waals surface area contributed by atoms with Crippen LogP contribution in [0.2, 0.25) is 0 Å². The molecule has 0 bridgehead atoms. The Hall–Kier alpha value is -5.61. The Morgan fingerprint density at radius 1 is 0.500 bits per heavy atom. The van der Waals surface area contributed by atoms with Gasteiger partial charge in [0, 0.05) is 27.3 Å². The third-order valence-electron chi connectivity index (χ3n) is 9.12. The van der Waals surface area contributed by atoms with Gasteiger partial charge in [-0.2, -0.15) is 0 Å². The van der Waals surface area contributed by atoms with Crippen LogP contribution in [0.3, 0.4) is 0 Å². The van der Waals surface area contributed by atoms with Crippen LogP contribution in [-0.2, 0) is 5.41 Å². The van der Waals surface area contributed by atoms with E-state index in [0.717, 1.165) is 44.0 Å². The summed E-state index contributed by atoms with van der Waals surface area (Å²) in [6, 6.07) is 44.2. The highest BCUT2D eigenvalue weighted by Gasteiger charge is 2.37. The lowest BCUT2D eigenvalue weighted by atomic mass is 9.82. The second kappa shape index (κ2) is 9.19. The van der Waals surface area contributed by atoms with Crippen LogP contribution in [0, 0.1) is 0 Å². The van der Waals surface area contributed by atoms with E-state index < -0.39 is 0 Å². The molecule has 4 heteroatoms. The van der Waals surface area contributed by atoms with Crippen LogP contribution < -0.4 is 0 Å². The maximum atomic E-state index is 6.58. The molecular formula is C40H27N3O. The van der Waals surface area contributed by atoms with Crippen LogP contribution in [0.5, 0.6) is 0 Å². The number of furan rings is 1. The molecule has 0 saturated carbocycles. The minimum atomic E-state index is -0.122. The van der Waals surface area contributed by atoms with E-state index in [0.29, 0.717) is 17.5 Å². The van der Waals surface area contributed by atoms with E-state index in [2.05, 4.69) is 105 Å². The average molecular weight is 566 g/mol. The van der Waals surface area contributed by atoms with Crippen molar-refractivity contribution in [2.75, 3.05) is 0 Å². The number of para-hydroxylation sites is 1.